The predicted molar refractivity (Wildman–Crippen MR) is 82.3 cm³/mol. The summed E-state index contributed by atoms with van der Waals surface area (Å²) in [5.41, 5.74) is 0.540. The van der Waals surface area contributed by atoms with Gasteiger partial charge in [0.2, 0.25) is 0 Å². The monoisotopic (exact) mass is 295 g/mol. The highest BCUT2D eigenvalue weighted by Gasteiger charge is 2.30. The minimum atomic E-state index is 0.00982. The Hall–Kier alpha value is -1.29. The Morgan fingerprint density at radius 3 is 3.00 bits per heavy atom. The maximum Gasteiger partial charge on any atom is 0.255 e. The molecule has 20 heavy (non-hydrogen) atoms. The van der Waals surface area contributed by atoms with Gasteiger partial charge in [0.1, 0.15) is 5.82 Å². The number of halogens is 1. The lowest BCUT2D eigenvalue weighted by Crippen LogP contribution is -2.46. The molecular formula is C15H22ClN3O. The lowest BCUT2D eigenvalue weighted by Gasteiger charge is -2.38. The molecule has 1 fully saturated rings. The zero-order valence-corrected chi connectivity index (χ0v) is 13.1. The number of nitrogens with zero attached hydrogens (tertiary/aromatic N) is 2. The minimum Gasteiger partial charge on any atom is -0.370 e. The molecule has 0 radical (unpaired) electrons. The molecule has 1 aromatic rings. The van der Waals surface area contributed by atoms with E-state index >= 15 is 0 Å². The molecule has 2 unspecified atom stereocenters. The molecule has 1 saturated heterocycles. The van der Waals surface area contributed by atoms with Gasteiger partial charge < -0.3 is 10.2 Å². The molecule has 1 aliphatic heterocycles. The number of hydrogen-bond donors (Lipinski definition) is 1. The maximum atomic E-state index is 12.7. The average Bonchev–Trinajstić information content (AvgIpc) is 2.43. The van der Waals surface area contributed by atoms with Crippen molar-refractivity contribution >= 4 is 23.3 Å². The second-order valence-corrected chi connectivity index (χ2v) is 5.85. The Morgan fingerprint density at radius 1 is 1.55 bits per heavy atom. The fraction of sp³-hybridized carbons (Fsp3) is 0.600. The lowest BCUT2D eigenvalue weighted by atomic mass is 9.91. The number of aromatic nitrogens is 1. The van der Waals surface area contributed by atoms with Crippen LogP contribution in [0.2, 0.25) is 5.02 Å². The molecule has 2 atom stereocenters. The van der Waals surface area contributed by atoms with Crippen LogP contribution in [-0.4, -0.2) is 34.9 Å². The van der Waals surface area contributed by atoms with E-state index in [-0.39, 0.29) is 11.9 Å². The summed E-state index contributed by atoms with van der Waals surface area (Å²) in [6, 6.07) is 2.00. The van der Waals surface area contributed by atoms with Gasteiger partial charge in [0.25, 0.3) is 5.91 Å². The van der Waals surface area contributed by atoms with E-state index in [9.17, 15) is 4.79 Å². The zero-order valence-electron chi connectivity index (χ0n) is 12.3. The van der Waals surface area contributed by atoms with Crippen LogP contribution in [0.4, 0.5) is 5.82 Å². The molecule has 0 saturated carbocycles. The van der Waals surface area contributed by atoms with Crippen molar-refractivity contribution in [1.82, 2.24) is 9.88 Å². The molecule has 1 aromatic heterocycles. The summed E-state index contributed by atoms with van der Waals surface area (Å²) in [5.74, 6) is 1.23. The van der Waals surface area contributed by atoms with Crippen molar-refractivity contribution in [3.63, 3.8) is 0 Å². The smallest absolute Gasteiger partial charge is 0.255 e. The van der Waals surface area contributed by atoms with Crippen molar-refractivity contribution in [1.29, 1.82) is 0 Å². The van der Waals surface area contributed by atoms with E-state index in [1.165, 1.54) is 6.42 Å². The molecule has 2 rings (SSSR count). The molecule has 110 valence electrons. The van der Waals surface area contributed by atoms with Crippen LogP contribution in [0.5, 0.6) is 0 Å². The van der Waals surface area contributed by atoms with E-state index in [4.69, 9.17) is 11.6 Å². The van der Waals surface area contributed by atoms with Gasteiger partial charge >= 0.3 is 0 Å². The molecule has 1 amide bonds. The summed E-state index contributed by atoms with van der Waals surface area (Å²) >= 11 is 6.16. The van der Waals surface area contributed by atoms with E-state index in [1.807, 2.05) is 11.8 Å². The summed E-state index contributed by atoms with van der Waals surface area (Å²) in [6.07, 6.45) is 3.78. The third kappa shape index (κ3) is 3.06. The summed E-state index contributed by atoms with van der Waals surface area (Å²) in [7, 11) is 0. The second kappa shape index (κ2) is 6.44. The largest absolute Gasteiger partial charge is 0.370 e. The predicted octanol–water partition coefficient (Wildman–Crippen LogP) is 3.43. The second-order valence-electron chi connectivity index (χ2n) is 5.44. The fourth-order valence-corrected chi connectivity index (χ4v) is 2.84. The molecule has 4 nitrogen and oxygen atoms in total. The van der Waals surface area contributed by atoms with Gasteiger partial charge in [-0.05, 0) is 38.7 Å². The Labute approximate surface area is 125 Å². The van der Waals surface area contributed by atoms with Crippen molar-refractivity contribution < 1.29 is 4.79 Å². The minimum absolute atomic E-state index is 0.00982. The van der Waals surface area contributed by atoms with Crippen molar-refractivity contribution in [2.45, 2.75) is 39.7 Å². The molecule has 0 bridgehead atoms. The highest BCUT2D eigenvalue weighted by atomic mass is 35.5. The molecule has 2 heterocycles. The first-order valence-electron chi connectivity index (χ1n) is 7.25. The maximum absolute atomic E-state index is 12.7. The normalized spacial score (nSPS) is 22.7. The van der Waals surface area contributed by atoms with Crippen molar-refractivity contribution in [3.05, 3.63) is 22.8 Å². The quantitative estimate of drug-likeness (QED) is 0.929. The van der Waals surface area contributed by atoms with Gasteiger partial charge in [-0.25, -0.2) is 4.98 Å². The number of rotatable bonds is 3. The van der Waals surface area contributed by atoms with Gasteiger partial charge in [0.05, 0.1) is 10.6 Å². The Balaban J connectivity index is 2.25. The standard InChI is InChI=1S/C15H22ClN3O/c1-4-17-14-8-12(13(16)9-18-14)15(20)19-7-5-6-10(2)11(19)3/h8-11H,4-7H2,1-3H3,(H,17,18). The number of anilines is 1. The third-order valence-electron chi connectivity index (χ3n) is 4.08. The Kier molecular flexibility index (Phi) is 4.86. The molecule has 0 aliphatic carbocycles. The van der Waals surface area contributed by atoms with E-state index in [0.29, 0.717) is 22.3 Å². The van der Waals surface area contributed by atoms with Gasteiger partial charge in [0, 0.05) is 25.3 Å². The summed E-state index contributed by atoms with van der Waals surface area (Å²) < 4.78 is 0. The van der Waals surface area contributed by atoms with Crippen molar-refractivity contribution in [2.75, 3.05) is 18.4 Å². The van der Waals surface area contributed by atoms with E-state index < -0.39 is 0 Å². The summed E-state index contributed by atoms with van der Waals surface area (Å²) in [6.45, 7) is 7.87. The highest BCUT2D eigenvalue weighted by Crippen LogP contribution is 2.27. The van der Waals surface area contributed by atoms with Gasteiger partial charge in [-0.1, -0.05) is 18.5 Å². The molecule has 1 aliphatic rings. The molecule has 1 N–H and O–H groups in total. The Morgan fingerprint density at radius 2 is 2.30 bits per heavy atom. The topological polar surface area (TPSA) is 45.2 Å². The molecular weight excluding hydrogens is 274 g/mol. The van der Waals surface area contributed by atoms with Crippen LogP contribution in [0.15, 0.2) is 12.3 Å². The SMILES string of the molecule is CCNc1cc(C(=O)N2CCCC(C)C2C)c(Cl)cn1. The Bertz CT molecular complexity index is 492. The lowest BCUT2D eigenvalue weighted by molar-refractivity contribution is 0.0551. The number of nitrogens with one attached hydrogen (secondary N) is 1. The van der Waals surface area contributed by atoms with Crippen LogP contribution >= 0.6 is 11.6 Å². The first kappa shape index (κ1) is 15.1. The molecule has 0 spiro atoms. The first-order valence-corrected chi connectivity index (χ1v) is 7.62. The van der Waals surface area contributed by atoms with Crippen LogP contribution in [0.3, 0.4) is 0 Å². The van der Waals surface area contributed by atoms with Gasteiger partial charge in [-0.15, -0.1) is 0 Å². The van der Waals surface area contributed by atoms with Gasteiger partial charge in [-0.2, -0.15) is 0 Å². The van der Waals surface area contributed by atoms with E-state index in [1.54, 1.807) is 12.3 Å². The highest BCUT2D eigenvalue weighted by molar-refractivity contribution is 6.33. The average molecular weight is 296 g/mol. The van der Waals surface area contributed by atoms with Crippen molar-refractivity contribution in [2.24, 2.45) is 5.92 Å². The summed E-state index contributed by atoms with van der Waals surface area (Å²) in [5, 5.41) is 3.53. The fourth-order valence-electron chi connectivity index (χ4n) is 2.66. The number of likely N-dealkylation sites (tertiary alicyclic amines) is 1. The van der Waals surface area contributed by atoms with Crippen LogP contribution in [0.25, 0.3) is 0 Å². The van der Waals surface area contributed by atoms with E-state index in [0.717, 1.165) is 19.5 Å². The van der Waals surface area contributed by atoms with Crippen LogP contribution in [0, 0.1) is 5.92 Å². The zero-order chi connectivity index (χ0) is 14.7. The third-order valence-corrected chi connectivity index (χ3v) is 4.38. The molecule has 5 heteroatoms. The number of pyridine rings is 1. The first-order chi connectivity index (χ1) is 9.54. The van der Waals surface area contributed by atoms with Gasteiger partial charge in [0.15, 0.2) is 0 Å². The van der Waals surface area contributed by atoms with Crippen LogP contribution in [0.1, 0.15) is 44.0 Å². The number of amides is 1. The van der Waals surface area contributed by atoms with Crippen molar-refractivity contribution in [3.8, 4) is 0 Å². The number of hydrogen-bond acceptors (Lipinski definition) is 3. The van der Waals surface area contributed by atoms with Crippen LogP contribution in [-0.2, 0) is 0 Å². The van der Waals surface area contributed by atoms with Crippen LogP contribution < -0.4 is 5.32 Å². The number of piperidine rings is 1. The van der Waals surface area contributed by atoms with E-state index in [2.05, 4.69) is 24.1 Å². The summed E-state index contributed by atoms with van der Waals surface area (Å²) in [4.78, 5) is 18.8. The number of carbonyl (C=O) groups excluding carboxylic acids is 1. The number of carbonyl (C=O) groups is 1. The van der Waals surface area contributed by atoms with Gasteiger partial charge in [-0.3, -0.25) is 4.79 Å². The molecule has 0 aromatic carbocycles.